The molecule has 11 heteroatoms. The Balaban J connectivity index is 1.54. The zero-order valence-electron chi connectivity index (χ0n) is 18.4. The highest BCUT2D eigenvalue weighted by molar-refractivity contribution is 14.1. The van der Waals surface area contributed by atoms with Crippen molar-refractivity contribution in [3.63, 3.8) is 0 Å². The van der Waals surface area contributed by atoms with Crippen molar-refractivity contribution in [2.24, 2.45) is 0 Å². The number of piperazine rings is 1. The summed E-state index contributed by atoms with van der Waals surface area (Å²) in [5.74, 6) is -0.0259. The first-order valence-corrected chi connectivity index (χ1v) is 11.9. The molecule has 2 N–H and O–H groups in total. The van der Waals surface area contributed by atoms with Gasteiger partial charge in [-0.3, -0.25) is 19.7 Å². The van der Waals surface area contributed by atoms with Gasteiger partial charge in [0.15, 0.2) is 5.11 Å². The molecule has 34 heavy (non-hydrogen) atoms. The van der Waals surface area contributed by atoms with Gasteiger partial charge in [-0.2, -0.15) is 0 Å². The minimum Gasteiger partial charge on any atom is -0.496 e. The van der Waals surface area contributed by atoms with E-state index in [9.17, 15) is 14.4 Å². The summed E-state index contributed by atoms with van der Waals surface area (Å²) in [4.78, 5) is 39.0. The number of methoxy groups -OCH3 is 1. The predicted octanol–water partition coefficient (Wildman–Crippen LogP) is 2.13. The van der Waals surface area contributed by atoms with Crippen LogP contribution in [-0.4, -0.2) is 67.3 Å². The van der Waals surface area contributed by atoms with Gasteiger partial charge in [0.1, 0.15) is 30.8 Å². The molecular formula is C23H24IN3O6S. The van der Waals surface area contributed by atoms with Crippen LogP contribution in [0.15, 0.2) is 48.5 Å². The summed E-state index contributed by atoms with van der Waals surface area (Å²) in [6, 6.07) is 13.2. The number of thiocarbonyl (C=S) groups is 1. The van der Waals surface area contributed by atoms with E-state index >= 15 is 0 Å². The molecule has 0 bridgehead atoms. The van der Waals surface area contributed by atoms with Gasteiger partial charge in [0.25, 0.3) is 5.91 Å². The molecule has 2 amide bonds. The van der Waals surface area contributed by atoms with Crippen molar-refractivity contribution in [2.45, 2.75) is 12.5 Å². The highest BCUT2D eigenvalue weighted by Gasteiger charge is 2.34. The standard InChI is InChI=1S/C23H24IN3O6S/c1-31-19-8-7-15(13-17(19)24)21(29)26-23(34)27-10-9-25-22(30)18(27)14-20(28)33-12-11-32-16-5-3-2-4-6-16/h2-8,13,18H,9-12,14H2,1H3,(H,25,30)(H,26,29,34). The number of nitrogens with zero attached hydrogens (tertiary/aromatic N) is 1. The Hall–Kier alpha value is -2.93. The van der Waals surface area contributed by atoms with Gasteiger partial charge in [-0.05, 0) is 65.1 Å². The molecule has 1 fully saturated rings. The van der Waals surface area contributed by atoms with E-state index in [1.165, 1.54) is 4.90 Å². The number of ether oxygens (including phenoxy) is 3. The molecular weight excluding hydrogens is 573 g/mol. The molecule has 1 atom stereocenters. The zero-order chi connectivity index (χ0) is 24.5. The summed E-state index contributed by atoms with van der Waals surface area (Å²) < 4.78 is 16.7. The Morgan fingerprint density at radius 2 is 1.97 bits per heavy atom. The van der Waals surface area contributed by atoms with E-state index in [0.29, 0.717) is 30.2 Å². The average molecular weight is 597 g/mol. The molecule has 0 aliphatic carbocycles. The first kappa shape index (κ1) is 25.7. The Bertz CT molecular complexity index is 1050. The molecule has 0 spiro atoms. The summed E-state index contributed by atoms with van der Waals surface area (Å²) in [5.41, 5.74) is 0.392. The van der Waals surface area contributed by atoms with E-state index < -0.39 is 17.9 Å². The van der Waals surface area contributed by atoms with E-state index in [1.807, 2.05) is 18.2 Å². The second kappa shape index (κ2) is 12.5. The van der Waals surface area contributed by atoms with Crippen LogP contribution >= 0.6 is 34.8 Å². The van der Waals surface area contributed by atoms with Gasteiger partial charge in [0, 0.05) is 18.7 Å². The average Bonchev–Trinajstić information content (AvgIpc) is 2.83. The second-order valence-electron chi connectivity index (χ2n) is 7.19. The van der Waals surface area contributed by atoms with Gasteiger partial charge < -0.3 is 24.4 Å². The zero-order valence-corrected chi connectivity index (χ0v) is 21.4. The highest BCUT2D eigenvalue weighted by Crippen LogP contribution is 2.21. The number of carbonyl (C=O) groups is 3. The normalized spacial score (nSPS) is 15.2. The molecule has 0 saturated carbocycles. The van der Waals surface area contributed by atoms with Crippen molar-refractivity contribution >= 4 is 57.7 Å². The lowest BCUT2D eigenvalue weighted by Crippen LogP contribution is -2.60. The van der Waals surface area contributed by atoms with Crippen LogP contribution in [0.1, 0.15) is 16.8 Å². The molecule has 3 rings (SSSR count). The first-order chi connectivity index (χ1) is 16.4. The third kappa shape index (κ3) is 7.03. The van der Waals surface area contributed by atoms with Crippen LogP contribution in [0.3, 0.4) is 0 Å². The fourth-order valence-corrected chi connectivity index (χ4v) is 4.30. The smallest absolute Gasteiger partial charge is 0.308 e. The van der Waals surface area contributed by atoms with Gasteiger partial charge in [0.2, 0.25) is 5.91 Å². The molecule has 1 heterocycles. The van der Waals surface area contributed by atoms with E-state index in [0.717, 1.165) is 3.57 Å². The van der Waals surface area contributed by atoms with Crippen molar-refractivity contribution in [2.75, 3.05) is 33.4 Å². The number of benzene rings is 2. The number of hydrogen-bond donors (Lipinski definition) is 2. The number of carbonyl (C=O) groups excluding carboxylic acids is 3. The van der Waals surface area contributed by atoms with Gasteiger partial charge >= 0.3 is 5.97 Å². The number of nitrogens with one attached hydrogen (secondary N) is 2. The minimum absolute atomic E-state index is 0.0410. The lowest BCUT2D eigenvalue weighted by Gasteiger charge is -2.36. The van der Waals surface area contributed by atoms with Crippen molar-refractivity contribution < 1.29 is 28.6 Å². The number of halogens is 1. The number of esters is 1. The van der Waals surface area contributed by atoms with E-state index in [-0.39, 0.29) is 30.7 Å². The molecule has 180 valence electrons. The molecule has 0 aromatic heterocycles. The second-order valence-corrected chi connectivity index (χ2v) is 8.74. The van der Waals surface area contributed by atoms with Crippen LogP contribution in [0.4, 0.5) is 0 Å². The van der Waals surface area contributed by atoms with Crippen molar-refractivity contribution in [1.29, 1.82) is 0 Å². The fourth-order valence-electron chi connectivity index (χ4n) is 3.26. The maximum absolute atomic E-state index is 12.7. The van der Waals surface area contributed by atoms with Crippen LogP contribution in [0.5, 0.6) is 11.5 Å². The minimum atomic E-state index is -0.889. The summed E-state index contributed by atoms with van der Waals surface area (Å²) in [5, 5.41) is 5.43. The Kier molecular flexibility index (Phi) is 9.45. The highest BCUT2D eigenvalue weighted by atomic mass is 127. The van der Waals surface area contributed by atoms with Gasteiger partial charge in [0.05, 0.1) is 17.1 Å². The van der Waals surface area contributed by atoms with Crippen LogP contribution in [-0.2, 0) is 14.3 Å². The molecule has 9 nitrogen and oxygen atoms in total. The lowest BCUT2D eigenvalue weighted by molar-refractivity contribution is -0.148. The van der Waals surface area contributed by atoms with Crippen molar-refractivity contribution in [1.82, 2.24) is 15.5 Å². The molecule has 1 aliphatic rings. The number of rotatable bonds is 8. The monoisotopic (exact) mass is 597 g/mol. The number of para-hydroxylation sites is 1. The largest absolute Gasteiger partial charge is 0.496 e. The topological polar surface area (TPSA) is 106 Å². The van der Waals surface area contributed by atoms with E-state index in [4.69, 9.17) is 26.4 Å². The molecule has 1 unspecified atom stereocenters. The van der Waals surface area contributed by atoms with Crippen LogP contribution in [0.2, 0.25) is 0 Å². The van der Waals surface area contributed by atoms with E-state index in [1.54, 1.807) is 37.4 Å². The first-order valence-electron chi connectivity index (χ1n) is 10.5. The third-order valence-corrected chi connectivity index (χ3v) is 6.12. The molecule has 2 aromatic rings. The Morgan fingerprint density at radius 3 is 2.68 bits per heavy atom. The van der Waals surface area contributed by atoms with Crippen molar-refractivity contribution in [3.05, 3.63) is 57.7 Å². The van der Waals surface area contributed by atoms with Crippen LogP contribution < -0.4 is 20.1 Å². The molecule has 1 saturated heterocycles. The lowest BCUT2D eigenvalue weighted by atomic mass is 10.1. The summed E-state index contributed by atoms with van der Waals surface area (Å²) in [6.07, 6.45) is -0.215. The predicted molar refractivity (Wildman–Crippen MR) is 137 cm³/mol. The molecule has 0 radical (unpaired) electrons. The van der Waals surface area contributed by atoms with Crippen LogP contribution in [0.25, 0.3) is 0 Å². The van der Waals surface area contributed by atoms with Gasteiger partial charge in [-0.1, -0.05) is 18.2 Å². The molecule has 1 aliphatic heterocycles. The Morgan fingerprint density at radius 1 is 1.21 bits per heavy atom. The maximum Gasteiger partial charge on any atom is 0.308 e. The van der Waals surface area contributed by atoms with Gasteiger partial charge in [-0.25, -0.2) is 0 Å². The number of amides is 2. The Labute approximate surface area is 216 Å². The fraction of sp³-hybridized carbons (Fsp3) is 0.304. The van der Waals surface area contributed by atoms with E-state index in [2.05, 4.69) is 33.2 Å². The summed E-state index contributed by atoms with van der Waals surface area (Å²) >= 11 is 7.46. The third-order valence-electron chi connectivity index (χ3n) is 4.94. The van der Waals surface area contributed by atoms with Crippen LogP contribution in [0, 0.1) is 3.57 Å². The SMILES string of the molecule is COc1ccc(C(=O)NC(=S)N2CCNC(=O)C2CC(=O)OCCOc2ccccc2)cc1I. The summed E-state index contributed by atoms with van der Waals surface area (Å²) in [7, 11) is 1.55. The summed E-state index contributed by atoms with van der Waals surface area (Å²) in [6.45, 7) is 0.913. The van der Waals surface area contributed by atoms with Gasteiger partial charge in [-0.15, -0.1) is 0 Å². The quantitative estimate of drug-likeness (QED) is 0.207. The molecule has 2 aromatic carbocycles. The van der Waals surface area contributed by atoms with Crippen molar-refractivity contribution in [3.8, 4) is 11.5 Å². The maximum atomic E-state index is 12.7. The number of hydrogen-bond acceptors (Lipinski definition) is 7.